The van der Waals surface area contributed by atoms with Gasteiger partial charge in [-0.2, -0.15) is 0 Å². The Labute approximate surface area is 141 Å². The van der Waals surface area contributed by atoms with Gasteiger partial charge in [0.05, 0.1) is 11.9 Å². The van der Waals surface area contributed by atoms with Crippen LogP contribution in [0.25, 0.3) is 10.7 Å². The van der Waals surface area contributed by atoms with E-state index in [2.05, 4.69) is 16.0 Å². The second kappa shape index (κ2) is 6.67. The van der Waals surface area contributed by atoms with Crippen LogP contribution in [0.4, 0.5) is 0 Å². The zero-order chi connectivity index (χ0) is 16.4. The molecule has 124 valence electrons. The van der Waals surface area contributed by atoms with Crippen molar-refractivity contribution in [3.05, 3.63) is 35.0 Å². The molecule has 5 nitrogen and oxygen atoms in total. The molecule has 7 heteroatoms. The average molecular weight is 351 g/mol. The Kier molecular flexibility index (Phi) is 4.79. The van der Waals surface area contributed by atoms with Gasteiger partial charge in [0.25, 0.3) is 0 Å². The van der Waals surface area contributed by atoms with Crippen molar-refractivity contribution < 1.29 is 8.42 Å². The van der Waals surface area contributed by atoms with Crippen molar-refractivity contribution in [2.75, 3.05) is 19.3 Å². The van der Waals surface area contributed by atoms with Gasteiger partial charge in [0.15, 0.2) is 0 Å². The van der Waals surface area contributed by atoms with E-state index in [-0.39, 0.29) is 0 Å². The first kappa shape index (κ1) is 16.5. The maximum Gasteiger partial charge on any atom is 0.211 e. The molecule has 0 bridgehead atoms. The number of aryl methyl sites for hydroxylation is 1. The third-order valence-corrected chi connectivity index (χ3v) is 6.34. The van der Waals surface area contributed by atoms with Gasteiger partial charge in [-0.15, -0.1) is 11.3 Å². The molecule has 0 saturated carbocycles. The molecule has 1 atom stereocenters. The highest BCUT2D eigenvalue weighted by Crippen LogP contribution is 2.26. The van der Waals surface area contributed by atoms with Gasteiger partial charge >= 0.3 is 0 Å². The van der Waals surface area contributed by atoms with Crippen molar-refractivity contribution in [1.82, 2.24) is 14.3 Å². The molecule has 1 fully saturated rings. The molecular weight excluding hydrogens is 330 g/mol. The molecule has 1 aliphatic heterocycles. The lowest BCUT2D eigenvalue weighted by molar-refractivity contribution is 0.267. The minimum atomic E-state index is -3.09. The van der Waals surface area contributed by atoms with Crippen LogP contribution in [0.2, 0.25) is 0 Å². The number of hydrogen-bond acceptors (Lipinski definition) is 5. The van der Waals surface area contributed by atoms with Gasteiger partial charge in [-0.3, -0.25) is 4.98 Å². The molecule has 23 heavy (non-hydrogen) atoms. The molecule has 1 saturated heterocycles. The number of pyridine rings is 1. The lowest BCUT2D eigenvalue weighted by Crippen LogP contribution is -2.39. The van der Waals surface area contributed by atoms with E-state index < -0.39 is 10.0 Å². The summed E-state index contributed by atoms with van der Waals surface area (Å²) in [5.74, 6) is 0.367. The minimum absolute atomic E-state index is 0.367. The van der Waals surface area contributed by atoms with Crippen LogP contribution in [-0.2, 0) is 16.4 Å². The Hall–Kier alpha value is -1.31. The van der Waals surface area contributed by atoms with Crippen molar-refractivity contribution in [2.45, 2.75) is 26.2 Å². The van der Waals surface area contributed by atoms with Crippen molar-refractivity contribution in [3.8, 4) is 10.7 Å². The average Bonchev–Trinajstić information content (AvgIpc) is 2.94. The van der Waals surface area contributed by atoms with E-state index in [1.807, 2.05) is 25.4 Å². The summed E-state index contributed by atoms with van der Waals surface area (Å²) in [6.45, 7) is 3.30. The van der Waals surface area contributed by atoms with Crippen LogP contribution in [0, 0.1) is 12.8 Å². The summed E-state index contributed by atoms with van der Waals surface area (Å²) in [5.41, 5.74) is 2.10. The molecule has 2 aromatic rings. The summed E-state index contributed by atoms with van der Waals surface area (Å²) in [4.78, 5) is 9.97. The van der Waals surface area contributed by atoms with Crippen LogP contribution < -0.4 is 0 Å². The largest absolute Gasteiger partial charge is 0.254 e. The van der Waals surface area contributed by atoms with E-state index in [1.165, 1.54) is 16.7 Å². The third kappa shape index (κ3) is 4.16. The summed E-state index contributed by atoms with van der Waals surface area (Å²) in [5, 5.41) is 0.936. The molecule has 3 heterocycles. The van der Waals surface area contributed by atoms with Crippen LogP contribution in [-0.4, -0.2) is 42.0 Å². The minimum Gasteiger partial charge on any atom is -0.254 e. The Balaban J connectivity index is 1.73. The van der Waals surface area contributed by atoms with Crippen molar-refractivity contribution in [3.63, 3.8) is 0 Å². The van der Waals surface area contributed by atoms with Gasteiger partial charge in [-0.25, -0.2) is 17.7 Å². The fourth-order valence-corrected chi connectivity index (χ4v) is 4.69. The molecule has 0 radical (unpaired) electrons. The van der Waals surface area contributed by atoms with E-state index in [0.717, 1.165) is 30.0 Å². The van der Waals surface area contributed by atoms with Crippen molar-refractivity contribution in [2.24, 2.45) is 5.92 Å². The first-order valence-electron chi connectivity index (χ1n) is 7.74. The zero-order valence-electron chi connectivity index (χ0n) is 13.4. The molecule has 1 aliphatic rings. The quantitative estimate of drug-likeness (QED) is 0.850. The topological polar surface area (TPSA) is 63.2 Å². The van der Waals surface area contributed by atoms with Crippen molar-refractivity contribution in [1.29, 1.82) is 0 Å². The second-order valence-corrected chi connectivity index (χ2v) is 9.38. The number of nitrogens with zero attached hydrogens (tertiary/aromatic N) is 3. The van der Waals surface area contributed by atoms with Gasteiger partial charge in [0.2, 0.25) is 10.0 Å². The summed E-state index contributed by atoms with van der Waals surface area (Å²) < 4.78 is 25.1. The van der Waals surface area contributed by atoms with Gasteiger partial charge in [-0.1, -0.05) is 0 Å². The lowest BCUT2D eigenvalue weighted by atomic mass is 9.92. The Bertz CT molecular complexity index is 786. The van der Waals surface area contributed by atoms with Crippen LogP contribution >= 0.6 is 11.3 Å². The molecule has 0 N–H and O–H groups in total. The molecule has 0 aliphatic carbocycles. The Morgan fingerprint density at radius 2 is 2.22 bits per heavy atom. The lowest BCUT2D eigenvalue weighted by Gasteiger charge is -2.31. The molecule has 2 aromatic heterocycles. The van der Waals surface area contributed by atoms with E-state index in [1.54, 1.807) is 15.6 Å². The highest BCUT2D eigenvalue weighted by atomic mass is 32.2. The highest BCUT2D eigenvalue weighted by molar-refractivity contribution is 7.88. The van der Waals surface area contributed by atoms with Gasteiger partial charge in [-0.05, 0) is 49.8 Å². The molecule has 0 amide bonds. The fourth-order valence-electron chi connectivity index (χ4n) is 3.02. The molecule has 0 aromatic carbocycles. The highest BCUT2D eigenvalue weighted by Gasteiger charge is 2.26. The first-order valence-corrected chi connectivity index (χ1v) is 10.4. The number of sulfonamides is 1. The van der Waals surface area contributed by atoms with Gasteiger partial charge < -0.3 is 0 Å². The first-order chi connectivity index (χ1) is 10.9. The summed E-state index contributed by atoms with van der Waals surface area (Å²) in [6, 6.07) is 4.10. The maximum atomic E-state index is 11.7. The van der Waals surface area contributed by atoms with Gasteiger partial charge in [0.1, 0.15) is 5.01 Å². The van der Waals surface area contributed by atoms with E-state index in [0.29, 0.717) is 19.0 Å². The van der Waals surface area contributed by atoms with E-state index in [9.17, 15) is 8.42 Å². The molecule has 3 rings (SSSR count). The standard InChI is InChI=1S/C16H21N3O2S2/c1-12-10-18-16(22-12)15-9-13(5-6-17-15)8-14-4-3-7-19(11-14)23(2,20)21/h5-6,9-10,14H,3-4,7-8,11H2,1-2H3/t14-/m1/s1. The number of hydrogen-bond donors (Lipinski definition) is 0. The number of rotatable bonds is 4. The number of aromatic nitrogens is 2. The van der Waals surface area contributed by atoms with E-state index in [4.69, 9.17) is 0 Å². The normalized spacial score (nSPS) is 19.8. The molecule has 0 unspecified atom stereocenters. The number of piperidine rings is 1. The van der Waals surface area contributed by atoms with Crippen LogP contribution in [0.1, 0.15) is 23.3 Å². The number of thiazole rings is 1. The third-order valence-electron chi connectivity index (χ3n) is 4.14. The van der Waals surface area contributed by atoms with Crippen molar-refractivity contribution >= 4 is 21.4 Å². The zero-order valence-corrected chi connectivity index (χ0v) is 15.0. The predicted octanol–water partition coefficient (Wildman–Crippen LogP) is 2.73. The predicted molar refractivity (Wildman–Crippen MR) is 92.9 cm³/mol. The second-order valence-electron chi connectivity index (χ2n) is 6.16. The maximum absolute atomic E-state index is 11.7. The van der Waals surface area contributed by atoms with Crippen LogP contribution in [0.15, 0.2) is 24.5 Å². The monoisotopic (exact) mass is 351 g/mol. The SMILES string of the molecule is Cc1cnc(-c2cc(C[C@H]3CCCN(S(C)(=O)=O)C3)ccn2)s1. The molecule has 0 spiro atoms. The van der Waals surface area contributed by atoms with Crippen LogP contribution in [0.3, 0.4) is 0 Å². The van der Waals surface area contributed by atoms with Crippen LogP contribution in [0.5, 0.6) is 0 Å². The summed E-state index contributed by atoms with van der Waals surface area (Å²) >= 11 is 1.64. The van der Waals surface area contributed by atoms with E-state index >= 15 is 0 Å². The Morgan fingerprint density at radius 3 is 2.91 bits per heavy atom. The smallest absolute Gasteiger partial charge is 0.211 e. The Morgan fingerprint density at radius 1 is 1.39 bits per heavy atom. The van der Waals surface area contributed by atoms with Gasteiger partial charge in [0, 0.05) is 30.4 Å². The summed E-state index contributed by atoms with van der Waals surface area (Å²) in [7, 11) is -3.09. The molecular formula is C16H21N3O2S2. The summed E-state index contributed by atoms with van der Waals surface area (Å²) in [6.07, 6.45) is 7.86. The fraction of sp³-hybridized carbons (Fsp3) is 0.500.